The summed E-state index contributed by atoms with van der Waals surface area (Å²) in [6, 6.07) is 8.47. The third-order valence-electron chi connectivity index (χ3n) is 8.33. The molecular formula is C26H37FN2O3. The van der Waals surface area contributed by atoms with Crippen molar-refractivity contribution in [3.63, 3.8) is 0 Å². The minimum absolute atomic E-state index is 0.154. The van der Waals surface area contributed by atoms with E-state index in [0.29, 0.717) is 11.9 Å². The Morgan fingerprint density at radius 2 is 1.84 bits per heavy atom. The zero-order valence-electron chi connectivity index (χ0n) is 19.2. The Morgan fingerprint density at radius 3 is 2.44 bits per heavy atom. The number of ether oxygens (including phenoxy) is 2. The van der Waals surface area contributed by atoms with Gasteiger partial charge in [-0.1, -0.05) is 12.1 Å². The molecule has 1 aromatic carbocycles. The normalized spacial score (nSPS) is 32.5. The maximum Gasteiger partial charge on any atom is 0.226 e. The van der Waals surface area contributed by atoms with Crippen molar-refractivity contribution < 1.29 is 18.7 Å². The lowest BCUT2D eigenvalue weighted by Gasteiger charge is -2.53. The fourth-order valence-corrected chi connectivity index (χ4v) is 6.00. The predicted octanol–water partition coefficient (Wildman–Crippen LogP) is 4.54. The Bertz CT molecular complexity index is 798. The monoisotopic (exact) mass is 444 g/mol. The lowest BCUT2D eigenvalue weighted by atomic mass is 9.51. The minimum Gasteiger partial charge on any atom is -0.489 e. The Balaban J connectivity index is 1.34. The molecule has 176 valence electrons. The van der Waals surface area contributed by atoms with Crippen molar-refractivity contribution in [1.82, 2.24) is 5.32 Å². The fraction of sp³-hybridized carbons (Fsp3) is 0.654. The highest BCUT2D eigenvalue weighted by atomic mass is 19.1. The number of carbonyl (C=O) groups excluding carboxylic acids is 1. The number of amides is 1. The Kier molecular flexibility index (Phi) is 7.21. The van der Waals surface area contributed by atoms with Gasteiger partial charge in [-0.2, -0.15) is 0 Å². The minimum atomic E-state index is -0.192. The number of hydrogen-bond acceptors (Lipinski definition) is 4. The van der Waals surface area contributed by atoms with Gasteiger partial charge in [-0.25, -0.2) is 4.39 Å². The molecule has 0 saturated heterocycles. The number of halogens is 1. The van der Waals surface area contributed by atoms with Crippen molar-refractivity contribution in [3.05, 3.63) is 41.7 Å². The number of rotatable bonds is 8. The van der Waals surface area contributed by atoms with E-state index in [1.54, 1.807) is 7.11 Å². The van der Waals surface area contributed by atoms with Crippen molar-refractivity contribution in [1.29, 1.82) is 0 Å². The average molecular weight is 445 g/mol. The summed E-state index contributed by atoms with van der Waals surface area (Å²) >= 11 is 0. The number of hydrogen-bond donors (Lipinski definition) is 2. The largest absolute Gasteiger partial charge is 0.489 e. The van der Waals surface area contributed by atoms with Crippen LogP contribution in [0.5, 0.6) is 5.75 Å². The molecule has 4 fully saturated rings. The second-order valence-electron chi connectivity index (χ2n) is 10.0. The molecule has 0 spiro atoms. The van der Waals surface area contributed by atoms with E-state index >= 15 is 0 Å². The van der Waals surface area contributed by atoms with Gasteiger partial charge in [-0.05, 0) is 87.3 Å². The lowest BCUT2D eigenvalue weighted by molar-refractivity contribution is -0.139. The summed E-state index contributed by atoms with van der Waals surface area (Å²) in [7, 11) is 1.77. The van der Waals surface area contributed by atoms with E-state index in [2.05, 4.69) is 17.4 Å². The molecule has 1 amide bonds. The maximum absolute atomic E-state index is 13.3. The van der Waals surface area contributed by atoms with Crippen LogP contribution in [0.2, 0.25) is 0 Å². The second kappa shape index (κ2) is 9.92. The van der Waals surface area contributed by atoms with Gasteiger partial charge < -0.3 is 20.5 Å². The molecule has 1 unspecified atom stereocenters. The van der Waals surface area contributed by atoms with E-state index in [0.717, 1.165) is 70.0 Å². The van der Waals surface area contributed by atoms with Crippen LogP contribution in [0.1, 0.15) is 69.8 Å². The summed E-state index contributed by atoms with van der Waals surface area (Å²) in [6.07, 6.45) is 11.0. The molecule has 0 aliphatic heterocycles. The molecule has 6 heteroatoms. The molecule has 5 nitrogen and oxygen atoms in total. The van der Waals surface area contributed by atoms with Crippen LogP contribution < -0.4 is 15.8 Å². The van der Waals surface area contributed by atoms with Crippen molar-refractivity contribution in [2.45, 2.75) is 81.8 Å². The highest BCUT2D eigenvalue weighted by molar-refractivity contribution is 5.83. The van der Waals surface area contributed by atoms with Gasteiger partial charge in [0.1, 0.15) is 12.4 Å². The van der Waals surface area contributed by atoms with Gasteiger partial charge in [0, 0.05) is 30.7 Å². The van der Waals surface area contributed by atoms with E-state index in [4.69, 9.17) is 15.2 Å². The van der Waals surface area contributed by atoms with Gasteiger partial charge in [0.15, 0.2) is 0 Å². The second-order valence-corrected chi connectivity index (χ2v) is 10.0. The van der Waals surface area contributed by atoms with Gasteiger partial charge in [-0.15, -0.1) is 0 Å². The molecule has 4 saturated carbocycles. The molecule has 0 aromatic heterocycles. The molecule has 2 bridgehead atoms. The first-order chi connectivity index (χ1) is 15.5. The van der Waals surface area contributed by atoms with Crippen molar-refractivity contribution in [2.75, 3.05) is 20.3 Å². The molecular weight excluding hydrogens is 407 g/mol. The Labute approximate surface area is 190 Å². The van der Waals surface area contributed by atoms with Crippen molar-refractivity contribution in [3.8, 4) is 5.75 Å². The van der Waals surface area contributed by atoms with Crippen LogP contribution in [0.15, 0.2) is 36.2 Å². The molecule has 0 radical (unpaired) electrons. The highest BCUT2D eigenvalue weighted by Crippen LogP contribution is 2.58. The molecule has 32 heavy (non-hydrogen) atoms. The zero-order valence-corrected chi connectivity index (χ0v) is 19.2. The number of benzene rings is 1. The van der Waals surface area contributed by atoms with E-state index in [9.17, 15) is 9.18 Å². The summed E-state index contributed by atoms with van der Waals surface area (Å²) in [4.78, 5) is 13.3. The number of nitrogens with one attached hydrogen (secondary N) is 1. The van der Waals surface area contributed by atoms with Gasteiger partial charge in [-0.3, -0.25) is 4.79 Å². The first-order valence-corrected chi connectivity index (χ1v) is 12.1. The molecule has 3 N–H and O–H groups in total. The first-order valence-electron chi connectivity index (χ1n) is 12.1. The quantitative estimate of drug-likeness (QED) is 0.617. The average Bonchev–Trinajstić information content (AvgIpc) is 2.86. The van der Waals surface area contributed by atoms with Crippen LogP contribution in [0.3, 0.4) is 0 Å². The number of carbonyl (C=O) groups is 1. The van der Waals surface area contributed by atoms with Crippen LogP contribution in [0, 0.1) is 5.41 Å². The van der Waals surface area contributed by atoms with Gasteiger partial charge in [0.25, 0.3) is 0 Å². The van der Waals surface area contributed by atoms with E-state index < -0.39 is 0 Å². The third kappa shape index (κ3) is 4.72. The summed E-state index contributed by atoms with van der Waals surface area (Å²) in [5.74, 6) is 0.994. The molecule has 1 aromatic rings. The number of nitrogens with two attached hydrogens (primary N) is 1. The van der Waals surface area contributed by atoms with Crippen molar-refractivity contribution in [2.24, 2.45) is 11.1 Å². The lowest BCUT2D eigenvalue weighted by Crippen LogP contribution is -2.54. The van der Waals surface area contributed by atoms with E-state index in [-0.39, 0.29) is 42.0 Å². The van der Waals surface area contributed by atoms with Crippen LogP contribution in [0.25, 0.3) is 0 Å². The summed E-state index contributed by atoms with van der Waals surface area (Å²) in [6.45, 7) is 0.321. The van der Waals surface area contributed by atoms with Crippen LogP contribution in [-0.4, -0.2) is 38.3 Å². The van der Waals surface area contributed by atoms with Gasteiger partial charge in [0.05, 0.1) is 12.4 Å². The highest BCUT2D eigenvalue weighted by Gasteiger charge is 2.53. The zero-order chi connectivity index (χ0) is 22.6. The molecule has 5 rings (SSSR count). The Morgan fingerprint density at radius 1 is 1.16 bits per heavy atom. The number of fused-ring (bicyclic) bond motifs is 3. The van der Waals surface area contributed by atoms with E-state index in [1.165, 1.54) is 5.56 Å². The smallest absolute Gasteiger partial charge is 0.226 e. The van der Waals surface area contributed by atoms with Crippen LogP contribution in [0.4, 0.5) is 4.39 Å². The standard InChI is InChI=1S/C26H37FN2O3/c1-31-23-4-2-3-21(15-23)29-24(30)26-12-9-25(10-13-26,11-14-26)20-5-7-22(8-6-20)32-18-19(16-27)17-28/h5-8,16,21,23H,2-4,9-15,17-18,28H2,1H3,(H,29,30)/b19-16+/t21?,23-,25?,26?/m0/s1. The molecule has 2 atom stereocenters. The summed E-state index contributed by atoms with van der Waals surface area (Å²) in [5, 5.41) is 3.39. The first kappa shape index (κ1) is 23.2. The fourth-order valence-electron chi connectivity index (χ4n) is 6.00. The number of methoxy groups -OCH3 is 1. The summed E-state index contributed by atoms with van der Waals surface area (Å²) < 4.78 is 23.9. The van der Waals surface area contributed by atoms with Crippen LogP contribution in [-0.2, 0) is 14.9 Å². The Hall–Kier alpha value is -1.92. The van der Waals surface area contributed by atoms with Gasteiger partial charge >= 0.3 is 0 Å². The van der Waals surface area contributed by atoms with E-state index in [1.807, 2.05) is 12.1 Å². The predicted molar refractivity (Wildman–Crippen MR) is 123 cm³/mol. The SMILES string of the molecule is CO[C@H]1CCCC(NC(=O)C23CCC(c4ccc(OC/C(=C/F)CN)cc4)(CC2)CC3)C1. The summed E-state index contributed by atoms with van der Waals surface area (Å²) in [5.41, 5.74) is 7.22. The third-order valence-corrected chi connectivity index (χ3v) is 8.33. The maximum atomic E-state index is 13.3. The molecule has 0 heterocycles. The van der Waals surface area contributed by atoms with Gasteiger partial charge in [0.2, 0.25) is 5.91 Å². The topological polar surface area (TPSA) is 73.6 Å². The van der Waals surface area contributed by atoms with Crippen LogP contribution >= 0.6 is 0 Å². The van der Waals surface area contributed by atoms with Crippen molar-refractivity contribution >= 4 is 5.91 Å². The molecule has 4 aliphatic carbocycles. The molecule has 4 aliphatic rings.